The summed E-state index contributed by atoms with van der Waals surface area (Å²) in [5.74, 6) is 1.29. The Morgan fingerprint density at radius 1 is 1.20 bits per heavy atom. The Balaban J connectivity index is 0.00000256. The number of hydrogen-bond donors (Lipinski definition) is 3. The number of ether oxygens (including phenoxy) is 1. The van der Waals surface area contributed by atoms with Gasteiger partial charge in [-0.3, -0.25) is 0 Å². The highest BCUT2D eigenvalue weighted by Crippen LogP contribution is 2.31. The summed E-state index contributed by atoms with van der Waals surface area (Å²) in [6.07, 6.45) is 1.54. The zero-order valence-electron chi connectivity index (χ0n) is 16.2. The van der Waals surface area contributed by atoms with Crippen molar-refractivity contribution in [2.75, 3.05) is 18.5 Å². The van der Waals surface area contributed by atoms with Gasteiger partial charge in [-0.15, -0.1) is 28.8 Å². The van der Waals surface area contributed by atoms with E-state index in [9.17, 15) is 5.11 Å². The van der Waals surface area contributed by atoms with E-state index in [4.69, 9.17) is 10.5 Å². The molecule has 4 rings (SSSR count). The highest BCUT2D eigenvalue weighted by Gasteiger charge is 2.11. The molecule has 0 aliphatic carbocycles. The quantitative estimate of drug-likeness (QED) is 0.396. The van der Waals surface area contributed by atoms with Crippen molar-refractivity contribution in [2.45, 2.75) is 13.5 Å². The molecule has 4 aromatic rings. The van der Waals surface area contributed by atoms with E-state index in [-0.39, 0.29) is 18.2 Å². The first-order chi connectivity index (χ1) is 14.1. The molecule has 0 unspecified atom stereocenters. The van der Waals surface area contributed by atoms with Crippen molar-refractivity contribution in [3.05, 3.63) is 53.2 Å². The molecule has 30 heavy (non-hydrogen) atoms. The largest absolute Gasteiger partial charge is 0.507 e. The van der Waals surface area contributed by atoms with Crippen molar-refractivity contribution < 1.29 is 9.84 Å². The minimum Gasteiger partial charge on any atom is -0.507 e. The molecule has 2 aromatic carbocycles. The summed E-state index contributed by atoms with van der Waals surface area (Å²) in [4.78, 5) is 9.12. The number of hydrogen-bond acceptors (Lipinski definition) is 9. The predicted octanol–water partition coefficient (Wildman–Crippen LogP) is 3.53. The molecule has 0 radical (unpaired) electrons. The van der Waals surface area contributed by atoms with E-state index in [1.54, 1.807) is 23.5 Å². The number of aromatic hydroxyl groups is 1. The Bertz CT molecular complexity index is 1130. The number of aromatic nitrogens is 4. The highest BCUT2D eigenvalue weighted by molar-refractivity contribution is 7.18. The van der Waals surface area contributed by atoms with Gasteiger partial charge in [0.05, 0.1) is 28.7 Å². The van der Waals surface area contributed by atoms with Crippen LogP contribution in [0.2, 0.25) is 0 Å². The first-order valence-corrected chi connectivity index (χ1v) is 9.90. The molecule has 0 spiro atoms. The summed E-state index contributed by atoms with van der Waals surface area (Å²) in [6.45, 7) is 3.32. The van der Waals surface area contributed by atoms with Crippen molar-refractivity contribution >= 4 is 39.9 Å². The number of nitrogens with two attached hydrogens (primary N) is 1. The zero-order chi connectivity index (χ0) is 20.2. The van der Waals surface area contributed by atoms with Crippen LogP contribution in [0.5, 0.6) is 11.5 Å². The molecule has 8 nitrogen and oxygen atoms in total. The molecule has 4 N–H and O–H groups in total. The lowest BCUT2D eigenvalue weighted by atomic mass is 10.1. The fourth-order valence-electron chi connectivity index (χ4n) is 2.94. The Labute approximate surface area is 183 Å². The van der Waals surface area contributed by atoms with Gasteiger partial charge in [0, 0.05) is 18.2 Å². The van der Waals surface area contributed by atoms with E-state index in [0.29, 0.717) is 36.9 Å². The molecule has 0 fully saturated rings. The monoisotopic (exact) mass is 444 g/mol. The maximum Gasteiger partial charge on any atom is 0.243 e. The number of rotatable bonds is 7. The third-order valence-corrected chi connectivity index (χ3v) is 5.29. The summed E-state index contributed by atoms with van der Waals surface area (Å²) in [5.41, 5.74) is 8.47. The SMILES string of the molecule is Cc1cccc(O)c1-c1cnnc(NCc2nc3cc(OCCN)ccc3s2)n1.Cl. The average Bonchev–Trinajstić information content (AvgIpc) is 3.13. The second-order valence-corrected chi connectivity index (χ2v) is 7.48. The molecule has 0 atom stereocenters. The van der Waals surface area contributed by atoms with E-state index in [1.807, 2.05) is 31.2 Å². The maximum atomic E-state index is 10.2. The number of phenolic OH excluding ortho intramolecular Hbond substituents is 1. The normalized spacial score (nSPS) is 10.6. The molecular weight excluding hydrogens is 424 g/mol. The topological polar surface area (TPSA) is 119 Å². The van der Waals surface area contributed by atoms with Gasteiger partial charge in [0.2, 0.25) is 5.95 Å². The van der Waals surface area contributed by atoms with E-state index in [2.05, 4.69) is 25.5 Å². The van der Waals surface area contributed by atoms with Gasteiger partial charge in [0.1, 0.15) is 23.1 Å². The van der Waals surface area contributed by atoms with E-state index in [0.717, 1.165) is 26.5 Å². The fraction of sp³-hybridized carbons (Fsp3) is 0.200. The molecule has 0 aliphatic heterocycles. The van der Waals surface area contributed by atoms with Gasteiger partial charge < -0.3 is 20.9 Å². The van der Waals surface area contributed by atoms with Crippen LogP contribution in [0.3, 0.4) is 0 Å². The lowest BCUT2D eigenvalue weighted by molar-refractivity contribution is 0.329. The number of nitrogens with one attached hydrogen (secondary N) is 1. The van der Waals surface area contributed by atoms with Crippen LogP contribution in [0.1, 0.15) is 10.6 Å². The van der Waals surface area contributed by atoms with Crippen LogP contribution in [-0.4, -0.2) is 38.4 Å². The molecule has 0 aliphatic rings. The lowest BCUT2D eigenvalue weighted by Crippen LogP contribution is -2.10. The molecule has 0 bridgehead atoms. The Kier molecular flexibility index (Phi) is 6.99. The van der Waals surface area contributed by atoms with Gasteiger partial charge in [-0.2, -0.15) is 5.10 Å². The molecule has 0 amide bonds. The Hall–Kier alpha value is -3.01. The number of benzene rings is 2. The summed E-state index contributed by atoms with van der Waals surface area (Å²) in [7, 11) is 0. The van der Waals surface area contributed by atoms with Gasteiger partial charge in [-0.25, -0.2) is 9.97 Å². The molecule has 10 heteroatoms. The van der Waals surface area contributed by atoms with Crippen molar-refractivity contribution in [1.82, 2.24) is 20.2 Å². The van der Waals surface area contributed by atoms with E-state index in [1.165, 1.54) is 6.20 Å². The number of anilines is 1. The molecule has 2 aromatic heterocycles. The minimum absolute atomic E-state index is 0. The maximum absolute atomic E-state index is 10.2. The van der Waals surface area contributed by atoms with Crippen molar-refractivity contribution in [2.24, 2.45) is 5.73 Å². The molecule has 156 valence electrons. The van der Waals surface area contributed by atoms with Crippen LogP contribution in [-0.2, 0) is 6.54 Å². The summed E-state index contributed by atoms with van der Waals surface area (Å²) in [6, 6.07) is 11.1. The molecule has 0 saturated carbocycles. The second kappa shape index (κ2) is 9.66. The van der Waals surface area contributed by atoms with Crippen molar-refractivity contribution in [1.29, 1.82) is 0 Å². The van der Waals surface area contributed by atoms with Crippen LogP contribution in [0.25, 0.3) is 21.5 Å². The highest BCUT2D eigenvalue weighted by atomic mass is 35.5. The minimum atomic E-state index is 0. The molecular formula is C20H21ClN6O2S. The smallest absolute Gasteiger partial charge is 0.243 e. The Morgan fingerprint density at radius 3 is 2.87 bits per heavy atom. The molecule has 0 saturated heterocycles. The van der Waals surface area contributed by atoms with Crippen LogP contribution < -0.4 is 15.8 Å². The second-order valence-electron chi connectivity index (χ2n) is 6.36. The number of nitrogens with zero attached hydrogens (tertiary/aromatic N) is 4. The fourth-order valence-corrected chi connectivity index (χ4v) is 3.82. The third kappa shape index (κ3) is 4.76. The Morgan fingerprint density at radius 2 is 2.07 bits per heavy atom. The number of fused-ring (bicyclic) bond motifs is 1. The number of aryl methyl sites for hydroxylation is 1. The van der Waals surface area contributed by atoms with E-state index < -0.39 is 0 Å². The van der Waals surface area contributed by atoms with Crippen LogP contribution in [0, 0.1) is 6.92 Å². The van der Waals surface area contributed by atoms with Gasteiger partial charge in [-0.05, 0) is 30.7 Å². The number of phenols is 1. The predicted molar refractivity (Wildman–Crippen MR) is 120 cm³/mol. The first kappa shape index (κ1) is 21.7. The summed E-state index contributed by atoms with van der Waals surface area (Å²) < 4.78 is 6.62. The van der Waals surface area contributed by atoms with Crippen molar-refractivity contribution in [3.8, 4) is 22.8 Å². The van der Waals surface area contributed by atoms with Gasteiger partial charge >= 0.3 is 0 Å². The van der Waals surface area contributed by atoms with Crippen LogP contribution >= 0.6 is 23.7 Å². The number of halogens is 1. The summed E-state index contributed by atoms with van der Waals surface area (Å²) in [5, 5.41) is 22.3. The van der Waals surface area contributed by atoms with Gasteiger partial charge in [-0.1, -0.05) is 12.1 Å². The van der Waals surface area contributed by atoms with Gasteiger partial charge in [0.25, 0.3) is 0 Å². The third-order valence-electron chi connectivity index (χ3n) is 4.25. The average molecular weight is 445 g/mol. The van der Waals surface area contributed by atoms with E-state index >= 15 is 0 Å². The summed E-state index contributed by atoms with van der Waals surface area (Å²) >= 11 is 1.58. The number of thiazole rings is 1. The zero-order valence-corrected chi connectivity index (χ0v) is 17.8. The van der Waals surface area contributed by atoms with Crippen LogP contribution in [0.4, 0.5) is 5.95 Å². The standard InChI is InChI=1S/C20H20N6O2S.ClH/c1-12-3-2-4-16(27)19(12)15-10-23-26-20(25-15)22-11-18-24-14-9-13(28-8-7-21)5-6-17(14)29-18;/h2-6,9-10,27H,7-8,11,21H2,1H3,(H,22,25,26);1H. The first-order valence-electron chi connectivity index (χ1n) is 9.09. The van der Waals surface area contributed by atoms with Crippen molar-refractivity contribution in [3.63, 3.8) is 0 Å². The molecule has 2 heterocycles. The lowest BCUT2D eigenvalue weighted by Gasteiger charge is -2.08. The van der Waals surface area contributed by atoms with Gasteiger partial charge in [0.15, 0.2) is 0 Å². The van der Waals surface area contributed by atoms with Crippen LogP contribution in [0.15, 0.2) is 42.6 Å².